The second-order valence-electron chi connectivity index (χ2n) is 9.24. The summed E-state index contributed by atoms with van der Waals surface area (Å²) < 4.78 is 15.9. The zero-order valence-electron chi connectivity index (χ0n) is 23.0. The van der Waals surface area contributed by atoms with Crippen LogP contribution >= 0.6 is 0 Å². The van der Waals surface area contributed by atoms with E-state index in [0.717, 1.165) is 19.3 Å². The maximum Gasteiger partial charge on any atom is 0.333 e. The van der Waals surface area contributed by atoms with Gasteiger partial charge in [-0.3, -0.25) is 4.79 Å². The molecule has 0 spiro atoms. The standard InChI is InChI=1S/C29H50O6/c1-6-9-10-11-12-13-14-15-16-17-18-19-20-21-27(30)33-22-26(35-29(32)25(5)8-3)23-34-28(31)24(4)7-2/h7-8,26H,6,9-23H2,1-5H3/b24-7+,25-8+/t26-/m1/s1. The summed E-state index contributed by atoms with van der Waals surface area (Å²) in [6, 6.07) is 0. The van der Waals surface area contributed by atoms with Crippen LogP contribution in [0, 0.1) is 0 Å². The lowest BCUT2D eigenvalue weighted by Crippen LogP contribution is -2.31. The van der Waals surface area contributed by atoms with Crippen LogP contribution < -0.4 is 0 Å². The summed E-state index contributed by atoms with van der Waals surface area (Å²) in [6.45, 7) is 8.69. The van der Waals surface area contributed by atoms with Crippen LogP contribution in [0.25, 0.3) is 0 Å². The Bertz CT molecular complexity index is 650. The Morgan fingerprint density at radius 3 is 1.54 bits per heavy atom. The smallest absolute Gasteiger partial charge is 0.333 e. The first-order chi connectivity index (χ1) is 16.8. The molecule has 0 heterocycles. The summed E-state index contributed by atoms with van der Waals surface area (Å²) in [6.07, 6.45) is 19.0. The predicted octanol–water partition coefficient (Wildman–Crippen LogP) is 7.40. The molecule has 0 aliphatic heterocycles. The highest BCUT2D eigenvalue weighted by atomic mass is 16.6. The van der Waals surface area contributed by atoms with Crippen molar-refractivity contribution in [1.29, 1.82) is 0 Å². The predicted molar refractivity (Wildman–Crippen MR) is 141 cm³/mol. The molecule has 35 heavy (non-hydrogen) atoms. The van der Waals surface area contributed by atoms with Gasteiger partial charge in [0.2, 0.25) is 0 Å². The third-order valence-electron chi connectivity index (χ3n) is 6.10. The maximum atomic E-state index is 12.1. The summed E-state index contributed by atoms with van der Waals surface area (Å²) >= 11 is 0. The number of unbranched alkanes of at least 4 members (excludes halogenated alkanes) is 12. The van der Waals surface area contributed by atoms with E-state index in [2.05, 4.69) is 6.92 Å². The van der Waals surface area contributed by atoms with Gasteiger partial charge < -0.3 is 14.2 Å². The number of allylic oxidation sites excluding steroid dienone is 2. The minimum Gasteiger partial charge on any atom is -0.462 e. The largest absolute Gasteiger partial charge is 0.462 e. The molecule has 0 fully saturated rings. The van der Waals surface area contributed by atoms with Gasteiger partial charge in [0.1, 0.15) is 13.2 Å². The Labute approximate surface area is 213 Å². The van der Waals surface area contributed by atoms with Gasteiger partial charge in [0.15, 0.2) is 6.10 Å². The van der Waals surface area contributed by atoms with E-state index in [1.807, 2.05) is 0 Å². The first-order valence-corrected chi connectivity index (χ1v) is 13.6. The van der Waals surface area contributed by atoms with Gasteiger partial charge in [-0.05, 0) is 34.1 Å². The van der Waals surface area contributed by atoms with Crippen molar-refractivity contribution in [2.24, 2.45) is 0 Å². The van der Waals surface area contributed by atoms with Crippen LogP contribution in [0.5, 0.6) is 0 Å². The molecule has 0 radical (unpaired) electrons. The van der Waals surface area contributed by atoms with Gasteiger partial charge >= 0.3 is 17.9 Å². The van der Waals surface area contributed by atoms with Crippen molar-refractivity contribution in [2.45, 2.75) is 131 Å². The molecule has 0 aromatic carbocycles. The second-order valence-corrected chi connectivity index (χ2v) is 9.24. The Morgan fingerprint density at radius 2 is 1.06 bits per heavy atom. The molecule has 0 rings (SSSR count). The molecule has 0 aliphatic carbocycles. The first-order valence-electron chi connectivity index (χ1n) is 13.6. The number of ether oxygens (including phenoxy) is 3. The second kappa shape index (κ2) is 22.4. The van der Waals surface area contributed by atoms with Crippen LogP contribution in [0.15, 0.2) is 23.3 Å². The number of hydrogen-bond donors (Lipinski definition) is 0. The fourth-order valence-corrected chi connectivity index (χ4v) is 3.42. The van der Waals surface area contributed by atoms with Gasteiger partial charge in [-0.25, -0.2) is 9.59 Å². The zero-order chi connectivity index (χ0) is 26.3. The van der Waals surface area contributed by atoms with Crippen molar-refractivity contribution in [3.05, 3.63) is 23.3 Å². The average Bonchev–Trinajstić information content (AvgIpc) is 2.86. The van der Waals surface area contributed by atoms with E-state index in [1.54, 1.807) is 39.8 Å². The van der Waals surface area contributed by atoms with Crippen molar-refractivity contribution in [2.75, 3.05) is 13.2 Å². The van der Waals surface area contributed by atoms with Gasteiger partial charge in [-0.1, -0.05) is 96.1 Å². The normalized spacial score (nSPS) is 12.8. The molecule has 202 valence electrons. The van der Waals surface area contributed by atoms with Crippen molar-refractivity contribution in [3.63, 3.8) is 0 Å². The topological polar surface area (TPSA) is 78.9 Å². The molecular weight excluding hydrogens is 444 g/mol. The highest BCUT2D eigenvalue weighted by Crippen LogP contribution is 2.13. The van der Waals surface area contributed by atoms with E-state index < -0.39 is 18.0 Å². The van der Waals surface area contributed by atoms with Crippen LogP contribution in [0.3, 0.4) is 0 Å². The quantitative estimate of drug-likeness (QED) is 0.0716. The van der Waals surface area contributed by atoms with Crippen LogP contribution in [0.1, 0.15) is 125 Å². The van der Waals surface area contributed by atoms with Crippen LogP contribution in [-0.2, 0) is 28.6 Å². The van der Waals surface area contributed by atoms with Gasteiger partial charge in [0, 0.05) is 17.6 Å². The molecule has 0 aromatic rings. The van der Waals surface area contributed by atoms with E-state index in [-0.39, 0.29) is 19.2 Å². The minimum atomic E-state index is -0.846. The molecule has 6 heteroatoms. The summed E-state index contributed by atoms with van der Waals surface area (Å²) in [5.41, 5.74) is 0.892. The molecule has 0 saturated heterocycles. The fourth-order valence-electron chi connectivity index (χ4n) is 3.42. The number of hydrogen-bond acceptors (Lipinski definition) is 6. The summed E-state index contributed by atoms with van der Waals surface area (Å²) in [5, 5.41) is 0. The minimum absolute atomic E-state index is 0.137. The molecule has 0 aromatic heterocycles. The van der Waals surface area contributed by atoms with Crippen LogP contribution in [0.4, 0.5) is 0 Å². The third kappa shape index (κ3) is 18.8. The number of esters is 3. The van der Waals surface area contributed by atoms with Crippen molar-refractivity contribution in [1.82, 2.24) is 0 Å². The first kappa shape index (κ1) is 32.9. The van der Waals surface area contributed by atoms with Crippen molar-refractivity contribution >= 4 is 17.9 Å². The van der Waals surface area contributed by atoms with Crippen molar-refractivity contribution < 1.29 is 28.6 Å². The molecule has 0 N–H and O–H groups in total. The molecule has 6 nitrogen and oxygen atoms in total. The molecular formula is C29H50O6. The lowest BCUT2D eigenvalue weighted by Gasteiger charge is -2.18. The van der Waals surface area contributed by atoms with E-state index in [0.29, 0.717) is 17.6 Å². The monoisotopic (exact) mass is 494 g/mol. The fraction of sp³-hybridized carbons (Fsp3) is 0.759. The van der Waals surface area contributed by atoms with Gasteiger partial charge in [0.25, 0.3) is 0 Å². The highest BCUT2D eigenvalue weighted by Gasteiger charge is 2.20. The summed E-state index contributed by atoms with van der Waals surface area (Å²) in [5.74, 6) is -1.34. The maximum absolute atomic E-state index is 12.1. The molecule has 0 unspecified atom stereocenters. The molecule has 1 atom stereocenters. The lowest BCUT2D eigenvalue weighted by atomic mass is 10.0. The summed E-state index contributed by atoms with van der Waals surface area (Å²) in [7, 11) is 0. The number of rotatable bonds is 21. The highest BCUT2D eigenvalue weighted by molar-refractivity contribution is 5.88. The number of carbonyl (C=O) groups excluding carboxylic acids is 3. The van der Waals surface area contributed by atoms with E-state index in [4.69, 9.17) is 14.2 Å². The third-order valence-corrected chi connectivity index (χ3v) is 6.10. The number of carbonyl (C=O) groups is 3. The molecule has 0 saturated carbocycles. The van der Waals surface area contributed by atoms with Crippen molar-refractivity contribution in [3.8, 4) is 0 Å². The lowest BCUT2D eigenvalue weighted by molar-refractivity contribution is -0.163. The van der Waals surface area contributed by atoms with Gasteiger partial charge in [-0.2, -0.15) is 0 Å². The molecule has 0 amide bonds. The van der Waals surface area contributed by atoms with E-state index in [9.17, 15) is 14.4 Å². The molecule has 0 aliphatic rings. The average molecular weight is 495 g/mol. The van der Waals surface area contributed by atoms with Crippen LogP contribution in [0.2, 0.25) is 0 Å². The van der Waals surface area contributed by atoms with E-state index >= 15 is 0 Å². The Balaban J connectivity index is 4.07. The SMILES string of the molecule is C/C=C(\C)C(=O)OC[C@@H](COC(=O)CCCCCCCCCCCCCCC)OC(=O)/C(C)=C/C. The molecule has 0 bridgehead atoms. The zero-order valence-corrected chi connectivity index (χ0v) is 23.0. The summed E-state index contributed by atoms with van der Waals surface area (Å²) in [4.78, 5) is 36.1. The van der Waals surface area contributed by atoms with Crippen LogP contribution in [-0.4, -0.2) is 37.2 Å². The van der Waals surface area contributed by atoms with E-state index in [1.165, 1.54) is 64.2 Å². The Morgan fingerprint density at radius 1 is 0.629 bits per heavy atom. The Kier molecular flexibility index (Phi) is 21.0. The van der Waals surface area contributed by atoms with Gasteiger partial charge in [-0.15, -0.1) is 0 Å². The van der Waals surface area contributed by atoms with Gasteiger partial charge in [0.05, 0.1) is 0 Å². The Hall–Kier alpha value is -2.11.